The quantitative estimate of drug-likeness (QED) is 0.771. The van der Waals surface area contributed by atoms with Gasteiger partial charge in [0.2, 0.25) is 5.88 Å². The first-order valence-electron chi connectivity index (χ1n) is 6.83. The van der Waals surface area contributed by atoms with Gasteiger partial charge < -0.3 is 10.1 Å². The molecule has 0 aliphatic carbocycles. The Kier molecular flexibility index (Phi) is 6.65. The summed E-state index contributed by atoms with van der Waals surface area (Å²) in [4.78, 5) is 8.37. The molecule has 1 heterocycles. The first-order chi connectivity index (χ1) is 8.74. The molecule has 1 aromatic rings. The molecule has 0 bridgehead atoms. The van der Waals surface area contributed by atoms with E-state index in [1.54, 1.807) is 13.4 Å². The van der Waals surface area contributed by atoms with Gasteiger partial charge in [-0.05, 0) is 12.5 Å². The third-order valence-corrected chi connectivity index (χ3v) is 3.42. The van der Waals surface area contributed by atoms with Crippen LogP contribution in [0.1, 0.15) is 39.3 Å². The van der Waals surface area contributed by atoms with Crippen molar-refractivity contribution in [3.05, 3.63) is 18.1 Å². The normalized spacial score (nSPS) is 12.7. The van der Waals surface area contributed by atoms with Gasteiger partial charge in [-0.1, -0.05) is 33.6 Å². The summed E-state index contributed by atoms with van der Waals surface area (Å²) in [7, 11) is 1.63. The molecule has 0 fully saturated rings. The van der Waals surface area contributed by atoms with E-state index in [-0.39, 0.29) is 0 Å². The fourth-order valence-electron chi connectivity index (χ4n) is 2.35. The summed E-state index contributed by atoms with van der Waals surface area (Å²) < 4.78 is 5.14. The summed E-state index contributed by atoms with van der Waals surface area (Å²) in [5.41, 5.74) is 1.04. The second-order valence-corrected chi connectivity index (χ2v) is 4.50. The Morgan fingerprint density at radius 1 is 1.22 bits per heavy atom. The number of rotatable bonds is 8. The van der Waals surface area contributed by atoms with Crippen LogP contribution in [0.15, 0.2) is 12.4 Å². The van der Waals surface area contributed by atoms with E-state index in [2.05, 4.69) is 36.1 Å². The van der Waals surface area contributed by atoms with E-state index in [0.717, 1.165) is 18.7 Å². The number of nitrogens with zero attached hydrogens (tertiary/aromatic N) is 2. The molecule has 1 rings (SSSR count). The van der Waals surface area contributed by atoms with Gasteiger partial charge in [0.15, 0.2) is 0 Å². The molecule has 102 valence electrons. The Morgan fingerprint density at radius 3 is 2.50 bits per heavy atom. The lowest BCUT2D eigenvalue weighted by atomic mass is 9.91. The average molecular weight is 251 g/mol. The van der Waals surface area contributed by atoms with E-state index in [9.17, 15) is 0 Å². The summed E-state index contributed by atoms with van der Waals surface area (Å²) in [5, 5.41) is 3.57. The topological polar surface area (TPSA) is 47.0 Å². The fourth-order valence-corrected chi connectivity index (χ4v) is 2.35. The molecule has 4 nitrogen and oxygen atoms in total. The molecule has 0 spiro atoms. The van der Waals surface area contributed by atoms with Crippen LogP contribution in [0.5, 0.6) is 5.88 Å². The summed E-state index contributed by atoms with van der Waals surface area (Å²) in [6, 6.07) is 2.40. The molecule has 1 unspecified atom stereocenters. The van der Waals surface area contributed by atoms with Crippen molar-refractivity contribution < 1.29 is 4.74 Å². The molecule has 0 amide bonds. The highest BCUT2D eigenvalue weighted by Gasteiger charge is 2.18. The maximum atomic E-state index is 5.14. The molecule has 0 aliphatic rings. The van der Waals surface area contributed by atoms with Crippen molar-refractivity contribution in [2.45, 2.75) is 46.1 Å². The lowest BCUT2D eigenvalue weighted by Gasteiger charge is -2.25. The molecule has 1 aromatic heterocycles. The standard InChI is InChI=1S/C14H25N3O/c1-5-11(6-2)13(15-7-3)8-12-9-14(18-4)17-10-16-12/h9-11,13,15H,5-8H2,1-4H3. The number of hydrogen-bond donors (Lipinski definition) is 1. The third kappa shape index (κ3) is 4.26. The summed E-state index contributed by atoms with van der Waals surface area (Å²) in [6.07, 6.45) is 4.88. The smallest absolute Gasteiger partial charge is 0.216 e. The highest BCUT2D eigenvalue weighted by Crippen LogP contribution is 2.17. The molecule has 18 heavy (non-hydrogen) atoms. The largest absolute Gasteiger partial charge is 0.481 e. The number of methoxy groups -OCH3 is 1. The van der Waals surface area contributed by atoms with Crippen molar-refractivity contribution >= 4 is 0 Å². The van der Waals surface area contributed by atoms with Crippen LogP contribution >= 0.6 is 0 Å². The van der Waals surface area contributed by atoms with Crippen LogP contribution in [-0.4, -0.2) is 29.7 Å². The highest BCUT2D eigenvalue weighted by atomic mass is 16.5. The molecule has 0 aromatic carbocycles. The molecular weight excluding hydrogens is 226 g/mol. The Bertz CT molecular complexity index is 340. The zero-order valence-corrected chi connectivity index (χ0v) is 11.9. The van der Waals surface area contributed by atoms with E-state index >= 15 is 0 Å². The minimum absolute atomic E-state index is 0.476. The molecule has 1 atom stereocenters. The van der Waals surface area contributed by atoms with E-state index in [4.69, 9.17) is 4.74 Å². The molecular formula is C14H25N3O. The van der Waals surface area contributed by atoms with Crippen molar-refractivity contribution in [2.75, 3.05) is 13.7 Å². The van der Waals surface area contributed by atoms with E-state index < -0.39 is 0 Å². The van der Waals surface area contributed by atoms with Crippen LogP contribution in [0.2, 0.25) is 0 Å². The molecule has 0 saturated carbocycles. The predicted molar refractivity (Wildman–Crippen MR) is 73.8 cm³/mol. The SMILES string of the molecule is CCNC(Cc1cc(OC)ncn1)C(CC)CC. The minimum Gasteiger partial charge on any atom is -0.481 e. The molecule has 1 N–H and O–H groups in total. The van der Waals surface area contributed by atoms with Crippen molar-refractivity contribution in [3.63, 3.8) is 0 Å². The summed E-state index contributed by atoms with van der Waals surface area (Å²) in [6.45, 7) is 7.64. The lowest BCUT2D eigenvalue weighted by molar-refractivity contribution is 0.333. The second-order valence-electron chi connectivity index (χ2n) is 4.50. The third-order valence-electron chi connectivity index (χ3n) is 3.42. The molecule has 0 aliphatic heterocycles. The van der Waals surface area contributed by atoms with Gasteiger partial charge in [-0.25, -0.2) is 9.97 Å². The van der Waals surface area contributed by atoms with Gasteiger partial charge in [0.25, 0.3) is 0 Å². The fraction of sp³-hybridized carbons (Fsp3) is 0.714. The van der Waals surface area contributed by atoms with Crippen molar-refractivity contribution in [2.24, 2.45) is 5.92 Å². The Balaban J connectivity index is 2.75. The first-order valence-corrected chi connectivity index (χ1v) is 6.83. The monoisotopic (exact) mass is 251 g/mol. The van der Waals surface area contributed by atoms with Gasteiger partial charge in [0.05, 0.1) is 7.11 Å². The summed E-state index contributed by atoms with van der Waals surface area (Å²) in [5.74, 6) is 1.32. The number of aromatic nitrogens is 2. The predicted octanol–water partition coefficient (Wildman–Crippen LogP) is 2.44. The van der Waals surface area contributed by atoms with Crippen molar-refractivity contribution in [1.29, 1.82) is 0 Å². The van der Waals surface area contributed by atoms with Crippen LogP contribution in [0.25, 0.3) is 0 Å². The van der Waals surface area contributed by atoms with Gasteiger partial charge in [-0.3, -0.25) is 0 Å². The second kappa shape index (κ2) is 8.03. The lowest BCUT2D eigenvalue weighted by Crippen LogP contribution is -2.37. The Morgan fingerprint density at radius 2 is 1.94 bits per heavy atom. The zero-order chi connectivity index (χ0) is 13.4. The average Bonchev–Trinajstić information content (AvgIpc) is 2.40. The van der Waals surface area contributed by atoms with E-state index in [1.165, 1.54) is 12.8 Å². The Hall–Kier alpha value is -1.16. The number of ether oxygens (including phenoxy) is 1. The maximum absolute atomic E-state index is 5.14. The summed E-state index contributed by atoms with van der Waals surface area (Å²) >= 11 is 0. The van der Waals surface area contributed by atoms with E-state index in [1.807, 2.05) is 6.07 Å². The van der Waals surface area contributed by atoms with Crippen LogP contribution in [-0.2, 0) is 6.42 Å². The van der Waals surface area contributed by atoms with Gasteiger partial charge >= 0.3 is 0 Å². The molecule has 0 saturated heterocycles. The van der Waals surface area contributed by atoms with Crippen molar-refractivity contribution in [3.8, 4) is 5.88 Å². The van der Waals surface area contributed by atoms with Gasteiger partial charge in [-0.2, -0.15) is 0 Å². The van der Waals surface area contributed by atoms with Crippen LogP contribution in [0.4, 0.5) is 0 Å². The Labute approximate surface area is 110 Å². The maximum Gasteiger partial charge on any atom is 0.216 e. The van der Waals surface area contributed by atoms with Crippen LogP contribution in [0.3, 0.4) is 0 Å². The van der Waals surface area contributed by atoms with Gasteiger partial charge in [-0.15, -0.1) is 0 Å². The molecule has 0 radical (unpaired) electrons. The first kappa shape index (κ1) is 14.9. The van der Waals surface area contributed by atoms with Crippen molar-refractivity contribution in [1.82, 2.24) is 15.3 Å². The van der Waals surface area contributed by atoms with Gasteiger partial charge in [0, 0.05) is 24.2 Å². The van der Waals surface area contributed by atoms with Crippen LogP contribution in [0, 0.1) is 5.92 Å². The minimum atomic E-state index is 0.476. The van der Waals surface area contributed by atoms with E-state index in [0.29, 0.717) is 17.8 Å². The number of hydrogen-bond acceptors (Lipinski definition) is 4. The van der Waals surface area contributed by atoms with Gasteiger partial charge in [0.1, 0.15) is 6.33 Å². The highest BCUT2D eigenvalue weighted by molar-refractivity contribution is 5.14. The van der Waals surface area contributed by atoms with Crippen LogP contribution < -0.4 is 10.1 Å². The zero-order valence-electron chi connectivity index (χ0n) is 11.9. The number of likely N-dealkylation sites (N-methyl/N-ethyl adjacent to an activating group) is 1. The number of nitrogens with one attached hydrogen (secondary N) is 1. The molecule has 4 heteroatoms.